The molecule has 1 saturated carbocycles. The number of carbonyl (C=O) groups is 1. The Morgan fingerprint density at radius 2 is 2.08 bits per heavy atom. The molecule has 0 unspecified atom stereocenters. The van der Waals surface area contributed by atoms with Crippen molar-refractivity contribution in [2.75, 3.05) is 5.32 Å². The Labute approximate surface area is 147 Å². The Morgan fingerprint density at radius 3 is 2.76 bits per heavy atom. The van der Waals surface area contributed by atoms with Crippen LogP contribution in [0, 0.1) is 0 Å². The minimum absolute atomic E-state index is 0.0548. The predicted molar refractivity (Wildman–Crippen MR) is 95.1 cm³/mol. The van der Waals surface area contributed by atoms with Gasteiger partial charge in [0.25, 0.3) is 0 Å². The van der Waals surface area contributed by atoms with Crippen molar-refractivity contribution in [2.24, 2.45) is 0 Å². The second-order valence-electron chi connectivity index (χ2n) is 6.53. The second-order valence-corrected chi connectivity index (χ2v) is 6.53. The normalized spacial score (nSPS) is 15.9. The number of hydrogen-bond donors (Lipinski definition) is 2. The summed E-state index contributed by atoms with van der Waals surface area (Å²) in [7, 11) is 0. The molecule has 0 radical (unpaired) electrons. The number of rotatable bonds is 7. The molecule has 2 aromatic rings. The molecular formula is C18H25N5O2. The fourth-order valence-electron chi connectivity index (χ4n) is 3.00. The van der Waals surface area contributed by atoms with E-state index in [9.17, 15) is 4.79 Å². The maximum Gasteiger partial charge on any atom is 0.319 e. The maximum atomic E-state index is 12.0. The first-order chi connectivity index (χ1) is 12.2. The summed E-state index contributed by atoms with van der Waals surface area (Å²) < 4.78 is 7.58. The lowest BCUT2D eigenvalue weighted by atomic mass is 10.2. The molecule has 7 heteroatoms. The SMILES string of the molecule is C[C@@H](Cn1cncn1)NC(=O)Nc1ccc(COC2CCCC2)cc1. The minimum Gasteiger partial charge on any atom is -0.374 e. The molecular weight excluding hydrogens is 318 g/mol. The summed E-state index contributed by atoms with van der Waals surface area (Å²) in [6.07, 6.45) is 8.41. The van der Waals surface area contributed by atoms with E-state index in [0.717, 1.165) is 11.3 Å². The van der Waals surface area contributed by atoms with Gasteiger partial charge in [-0.3, -0.25) is 4.68 Å². The Kier molecular flexibility index (Phi) is 6.00. The zero-order valence-electron chi connectivity index (χ0n) is 14.5. The van der Waals surface area contributed by atoms with Gasteiger partial charge >= 0.3 is 6.03 Å². The average Bonchev–Trinajstić information content (AvgIpc) is 3.27. The zero-order chi connectivity index (χ0) is 17.5. The lowest BCUT2D eigenvalue weighted by Gasteiger charge is -2.15. The molecule has 1 heterocycles. The topological polar surface area (TPSA) is 81.1 Å². The monoisotopic (exact) mass is 343 g/mol. The third-order valence-electron chi connectivity index (χ3n) is 4.30. The van der Waals surface area contributed by atoms with Gasteiger partial charge in [-0.1, -0.05) is 25.0 Å². The van der Waals surface area contributed by atoms with E-state index in [1.54, 1.807) is 11.0 Å². The molecule has 1 atom stereocenters. The Hall–Kier alpha value is -2.41. The Morgan fingerprint density at radius 1 is 1.32 bits per heavy atom. The van der Waals surface area contributed by atoms with E-state index in [2.05, 4.69) is 20.7 Å². The van der Waals surface area contributed by atoms with Crippen LogP contribution in [0.4, 0.5) is 10.5 Å². The molecule has 0 saturated heterocycles. The van der Waals surface area contributed by atoms with Gasteiger partial charge in [0.05, 0.1) is 19.3 Å². The van der Waals surface area contributed by atoms with Crippen molar-refractivity contribution in [3.63, 3.8) is 0 Å². The van der Waals surface area contributed by atoms with Crippen molar-refractivity contribution in [3.05, 3.63) is 42.5 Å². The molecule has 0 aliphatic heterocycles. The highest BCUT2D eigenvalue weighted by Gasteiger charge is 2.15. The quantitative estimate of drug-likeness (QED) is 0.810. The van der Waals surface area contributed by atoms with Gasteiger partial charge in [-0.2, -0.15) is 5.10 Å². The minimum atomic E-state index is -0.234. The van der Waals surface area contributed by atoms with Crippen LogP contribution in [0.3, 0.4) is 0 Å². The molecule has 25 heavy (non-hydrogen) atoms. The van der Waals surface area contributed by atoms with Crippen LogP contribution < -0.4 is 10.6 Å². The fraction of sp³-hybridized carbons (Fsp3) is 0.500. The van der Waals surface area contributed by atoms with Crippen LogP contribution in [-0.2, 0) is 17.9 Å². The first-order valence-electron chi connectivity index (χ1n) is 8.79. The molecule has 3 rings (SSSR count). The summed E-state index contributed by atoms with van der Waals surface area (Å²) in [6.45, 7) is 3.13. The van der Waals surface area contributed by atoms with E-state index in [1.807, 2.05) is 31.2 Å². The lowest BCUT2D eigenvalue weighted by molar-refractivity contribution is 0.0457. The third kappa shape index (κ3) is 5.56. The molecule has 1 aliphatic rings. The van der Waals surface area contributed by atoms with Crippen LogP contribution in [0.2, 0.25) is 0 Å². The highest BCUT2D eigenvalue weighted by atomic mass is 16.5. The van der Waals surface area contributed by atoms with E-state index in [1.165, 1.54) is 32.0 Å². The largest absolute Gasteiger partial charge is 0.374 e. The van der Waals surface area contributed by atoms with Gasteiger partial charge in [-0.05, 0) is 37.5 Å². The lowest BCUT2D eigenvalue weighted by Crippen LogP contribution is -2.38. The number of amides is 2. The number of nitrogens with zero attached hydrogens (tertiary/aromatic N) is 3. The third-order valence-corrected chi connectivity index (χ3v) is 4.30. The summed E-state index contributed by atoms with van der Waals surface area (Å²) in [4.78, 5) is 15.9. The molecule has 1 aliphatic carbocycles. The molecule has 1 aromatic carbocycles. The van der Waals surface area contributed by atoms with Gasteiger partial charge in [0, 0.05) is 11.7 Å². The Bertz CT molecular complexity index is 651. The zero-order valence-corrected chi connectivity index (χ0v) is 14.5. The van der Waals surface area contributed by atoms with Crippen molar-refractivity contribution in [3.8, 4) is 0 Å². The van der Waals surface area contributed by atoms with Gasteiger partial charge in [0.15, 0.2) is 0 Å². The smallest absolute Gasteiger partial charge is 0.319 e. The van der Waals surface area contributed by atoms with Crippen LogP contribution in [0.15, 0.2) is 36.9 Å². The fourth-order valence-corrected chi connectivity index (χ4v) is 3.00. The first kappa shape index (κ1) is 17.4. The van der Waals surface area contributed by atoms with Crippen molar-refractivity contribution in [1.29, 1.82) is 0 Å². The average molecular weight is 343 g/mol. The van der Waals surface area contributed by atoms with Crippen LogP contribution in [-0.4, -0.2) is 32.9 Å². The van der Waals surface area contributed by atoms with Crippen molar-refractivity contribution in [1.82, 2.24) is 20.1 Å². The van der Waals surface area contributed by atoms with Gasteiger partial charge < -0.3 is 15.4 Å². The van der Waals surface area contributed by atoms with Gasteiger partial charge in [0.1, 0.15) is 12.7 Å². The standard InChI is InChI=1S/C18H25N5O2/c1-14(10-23-13-19-12-20-23)21-18(24)22-16-8-6-15(7-9-16)11-25-17-4-2-3-5-17/h6-9,12-14,17H,2-5,10-11H2,1H3,(H2,21,22,24)/t14-/m0/s1. The van der Waals surface area contributed by atoms with Crippen LogP contribution in [0.1, 0.15) is 38.2 Å². The van der Waals surface area contributed by atoms with Gasteiger partial charge in [-0.25, -0.2) is 9.78 Å². The number of nitrogens with one attached hydrogen (secondary N) is 2. The summed E-state index contributed by atoms with van der Waals surface area (Å²) in [6, 6.07) is 7.49. The molecule has 7 nitrogen and oxygen atoms in total. The number of carbonyl (C=O) groups excluding carboxylic acids is 1. The Balaban J connectivity index is 1.41. The number of ether oxygens (including phenoxy) is 1. The van der Waals surface area contributed by atoms with E-state index < -0.39 is 0 Å². The summed E-state index contributed by atoms with van der Waals surface area (Å²) in [5.41, 5.74) is 1.88. The molecule has 2 N–H and O–H groups in total. The van der Waals surface area contributed by atoms with Gasteiger partial charge in [-0.15, -0.1) is 0 Å². The second kappa shape index (κ2) is 8.62. The molecule has 1 fully saturated rings. The van der Waals surface area contributed by atoms with Crippen molar-refractivity contribution in [2.45, 2.75) is 57.9 Å². The van der Waals surface area contributed by atoms with Crippen molar-refractivity contribution < 1.29 is 9.53 Å². The summed E-state index contributed by atoms with van der Waals surface area (Å²) in [5.74, 6) is 0. The number of aromatic nitrogens is 3. The predicted octanol–water partition coefficient (Wildman–Crippen LogP) is 2.95. The molecule has 0 bridgehead atoms. The number of benzene rings is 1. The van der Waals surface area contributed by atoms with Gasteiger partial charge in [0.2, 0.25) is 0 Å². The van der Waals surface area contributed by atoms with Crippen LogP contribution in [0.25, 0.3) is 0 Å². The highest BCUT2D eigenvalue weighted by molar-refractivity contribution is 5.89. The highest BCUT2D eigenvalue weighted by Crippen LogP contribution is 2.22. The number of hydrogen-bond acceptors (Lipinski definition) is 4. The molecule has 134 valence electrons. The van der Waals surface area contributed by atoms with E-state index in [0.29, 0.717) is 19.3 Å². The van der Waals surface area contributed by atoms with Crippen LogP contribution in [0.5, 0.6) is 0 Å². The summed E-state index contributed by atoms with van der Waals surface area (Å²) >= 11 is 0. The first-order valence-corrected chi connectivity index (χ1v) is 8.79. The van der Waals surface area contributed by atoms with Crippen LogP contribution >= 0.6 is 0 Å². The van der Waals surface area contributed by atoms with E-state index in [4.69, 9.17) is 4.74 Å². The van der Waals surface area contributed by atoms with Crippen molar-refractivity contribution >= 4 is 11.7 Å². The van der Waals surface area contributed by atoms with E-state index >= 15 is 0 Å². The maximum absolute atomic E-state index is 12.0. The number of urea groups is 1. The molecule has 1 aromatic heterocycles. The number of anilines is 1. The molecule has 0 spiro atoms. The van der Waals surface area contributed by atoms with E-state index in [-0.39, 0.29) is 12.1 Å². The summed E-state index contributed by atoms with van der Waals surface area (Å²) in [5, 5.41) is 9.75. The molecule has 2 amide bonds.